The molecule has 0 saturated heterocycles. The second-order valence-corrected chi connectivity index (χ2v) is 7.98. The van der Waals surface area contributed by atoms with Gasteiger partial charge in [-0.2, -0.15) is 13.2 Å². The number of alkyl halides is 3. The van der Waals surface area contributed by atoms with Gasteiger partial charge in [-0.15, -0.1) is 0 Å². The number of nitrogens with zero attached hydrogens (tertiary/aromatic N) is 1. The van der Waals surface area contributed by atoms with Crippen LogP contribution in [0.15, 0.2) is 30.5 Å². The van der Waals surface area contributed by atoms with E-state index in [0.717, 1.165) is 0 Å². The molecule has 0 aliphatic rings. The number of ether oxygens (including phenoxy) is 3. The molecule has 2 rings (SSSR count). The van der Waals surface area contributed by atoms with Gasteiger partial charge in [0.2, 0.25) is 15.9 Å². The van der Waals surface area contributed by atoms with Crippen molar-refractivity contribution in [3.05, 3.63) is 46.6 Å². The molecule has 0 aliphatic heterocycles. The summed E-state index contributed by atoms with van der Waals surface area (Å²) in [6.45, 7) is 0.571. The van der Waals surface area contributed by atoms with Crippen LogP contribution in [0.25, 0.3) is 0 Å². The topological polar surface area (TPSA) is 101 Å². The first-order valence-electron chi connectivity index (χ1n) is 8.15. The number of aryl methyl sites for hydroxylation is 1. The van der Waals surface area contributed by atoms with Crippen molar-refractivity contribution in [3.8, 4) is 17.4 Å². The number of sulfonamides is 1. The van der Waals surface area contributed by atoms with Crippen LogP contribution in [-0.2, 0) is 27.4 Å². The molecule has 0 spiro atoms. The zero-order valence-corrected chi connectivity index (χ0v) is 16.8. The fourth-order valence-electron chi connectivity index (χ4n) is 2.18. The molecule has 2 aromatic rings. The van der Waals surface area contributed by atoms with Gasteiger partial charge in [0.1, 0.15) is 23.1 Å². The average Bonchev–Trinajstić information content (AvgIpc) is 2.61. The first kappa shape index (κ1) is 23.2. The molecule has 0 unspecified atom stereocenters. The van der Waals surface area contributed by atoms with Gasteiger partial charge in [0, 0.05) is 19.4 Å². The Bertz CT molecular complexity index is 955. The van der Waals surface area contributed by atoms with Crippen LogP contribution < -0.4 is 14.6 Å². The van der Waals surface area contributed by atoms with Gasteiger partial charge in [-0.3, -0.25) is 0 Å². The monoisotopic (exact) mass is 454 g/mol. The van der Waals surface area contributed by atoms with E-state index in [0.29, 0.717) is 30.2 Å². The van der Waals surface area contributed by atoms with E-state index in [4.69, 9.17) is 31.0 Å². The van der Waals surface area contributed by atoms with E-state index in [-0.39, 0.29) is 35.4 Å². The minimum Gasteiger partial charge on any atom is -0.491 e. The van der Waals surface area contributed by atoms with Gasteiger partial charge in [-0.05, 0) is 24.1 Å². The number of primary sulfonamides is 1. The van der Waals surface area contributed by atoms with E-state index in [1.807, 2.05) is 0 Å². The maximum atomic E-state index is 12.8. The van der Waals surface area contributed by atoms with E-state index < -0.39 is 21.8 Å². The summed E-state index contributed by atoms with van der Waals surface area (Å²) in [7, 11) is -2.23. The van der Waals surface area contributed by atoms with Crippen molar-refractivity contribution >= 4 is 21.6 Å². The summed E-state index contributed by atoms with van der Waals surface area (Å²) in [5.41, 5.74) is -0.600. The van der Waals surface area contributed by atoms with E-state index >= 15 is 0 Å². The van der Waals surface area contributed by atoms with E-state index in [2.05, 4.69) is 4.98 Å². The molecular formula is C17H18ClF3N2O5S. The molecule has 2 N–H and O–H groups in total. The number of hydrogen-bond acceptors (Lipinski definition) is 6. The van der Waals surface area contributed by atoms with Crippen LogP contribution in [0.2, 0.25) is 5.02 Å². The van der Waals surface area contributed by atoms with Crippen LogP contribution in [0, 0.1) is 0 Å². The summed E-state index contributed by atoms with van der Waals surface area (Å²) in [5, 5.41) is 4.67. The Kier molecular flexibility index (Phi) is 7.69. The third-order valence-electron chi connectivity index (χ3n) is 3.59. The number of nitrogens with two attached hydrogens (primary N) is 1. The van der Waals surface area contributed by atoms with E-state index in [9.17, 15) is 21.6 Å². The Morgan fingerprint density at radius 2 is 1.93 bits per heavy atom. The molecule has 12 heteroatoms. The normalized spacial score (nSPS) is 12.1. The molecule has 7 nitrogen and oxygen atoms in total. The molecule has 160 valence electrons. The lowest BCUT2D eigenvalue weighted by Gasteiger charge is -2.14. The molecule has 1 aromatic carbocycles. The van der Waals surface area contributed by atoms with Crippen molar-refractivity contribution in [1.82, 2.24) is 4.98 Å². The number of pyridine rings is 1. The highest BCUT2D eigenvalue weighted by Gasteiger charge is 2.32. The molecular weight excluding hydrogens is 437 g/mol. The lowest BCUT2D eigenvalue weighted by molar-refractivity contribution is -0.137. The molecule has 29 heavy (non-hydrogen) atoms. The van der Waals surface area contributed by atoms with Gasteiger partial charge in [-0.25, -0.2) is 18.5 Å². The van der Waals surface area contributed by atoms with Gasteiger partial charge in [0.05, 0.1) is 17.9 Å². The standard InChI is InChI=1S/C17H18ClF3N2O5S/c1-26-5-6-27-13-3-2-11(4-7-29(22,24)25)15(9-13)28-16-14(18)8-12(10-23-16)17(19,20)21/h2-3,8-10H,4-7H2,1H3,(H2,22,24,25). The molecule has 0 amide bonds. The predicted molar refractivity (Wildman–Crippen MR) is 99.8 cm³/mol. The van der Waals surface area contributed by atoms with Crippen LogP contribution in [0.4, 0.5) is 13.2 Å². The highest BCUT2D eigenvalue weighted by atomic mass is 35.5. The maximum absolute atomic E-state index is 12.8. The minimum absolute atomic E-state index is 0.00473. The third kappa shape index (κ3) is 7.35. The Labute approximate surface area is 170 Å². The van der Waals surface area contributed by atoms with Crippen molar-refractivity contribution in [2.45, 2.75) is 12.6 Å². The molecule has 0 radical (unpaired) electrons. The summed E-state index contributed by atoms with van der Waals surface area (Å²) in [4.78, 5) is 3.62. The number of benzene rings is 1. The van der Waals surface area contributed by atoms with Gasteiger partial charge in [-0.1, -0.05) is 17.7 Å². The van der Waals surface area contributed by atoms with Crippen LogP contribution in [-0.4, -0.2) is 39.5 Å². The Morgan fingerprint density at radius 1 is 1.21 bits per heavy atom. The fourth-order valence-corrected chi connectivity index (χ4v) is 2.89. The summed E-state index contributed by atoms with van der Waals surface area (Å²) in [6.07, 6.45) is -4.01. The zero-order valence-electron chi connectivity index (χ0n) is 15.2. The van der Waals surface area contributed by atoms with Crippen molar-refractivity contribution in [1.29, 1.82) is 0 Å². The summed E-state index contributed by atoms with van der Waals surface area (Å²) >= 11 is 5.88. The first-order valence-corrected chi connectivity index (χ1v) is 10.2. The highest BCUT2D eigenvalue weighted by molar-refractivity contribution is 7.89. The summed E-state index contributed by atoms with van der Waals surface area (Å²) in [5.74, 6) is -0.135. The van der Waals surface area contributed by atoms with Crippen LogP contribution in [0.3, 0.4) is 0 Å². The van der Waals surface area contributed by atoms with E-state index in [1.165, 1.54) is 13.2 Å². The Hall–Kier alpha value is -2.08. The van der Waals surface area contributed by atoms with Gasteiger partial charge in [0.25, 0.3) is 0 Å². The Morgan fingerprint density at radius 3 is 2.52 bits per heavy atom. The van der Waals surface area contributed by atoms with Crippen molar-refractivity contribution in [2.75, 3.05) is 26.1 Å². The molecule has 0 saturated carbocycles. The Balaban J connectivity index is 2.32. The number of rotatable bonds is 9. The summed E-state index contributed by atoms with van der Waals surface area (Å²) in [6, 6.07) is 5.28. The lowest BCUT2D eigenvalue weighted by atomic mass is 10.1. The minimum atomic E-state index is -4.61. The quantitative estimate of drug-likeness (QED) is 0.583. The van der Waals surface area contributed by atoms with Gasteiger partial charge in [0.15, 0.2) is 0 Å². The highest BCUT2D eigenvalue weighted by Crippen LogP contribution is 2.36. The molecule has 1 heterocycles. The molecule has 0 bridgehead atoms. The predicted octanol–water partition coefficient (Wildman–Crippen LogP) is 3.40. The second kappa shape index (κ2) is 9.61. The molecule has 0 fully saturated rings. The van der Waals surface area contributed by atoms with Gasteiger partial charge >= 0.3 is 6.18 Å². The average molecular weight is 455 g/mol. The maximum Gasteiger partial charge on any atom is 0.417 e. The number of hydrogen-bond donors (Lipinski definition) is 1. The van der Waals surface area contributed by atoms with Crippen LogP contribution in [0.5, 0.6) is 17.4 Å². The zero-order chi connectivity index (χ0) is 21.7. The summed E-state index contributed by atoms with van der Waals surface area (Å²) < 4.78 is 76.7. The fraction of sp³-hybridized carbons (Fsp3) is 0.353. The number of methoxy groups -OCH3 is 1. The smallest absolute Gasteiger partial charge is 0.417 e. The van der Waals surface area contributed by atoms with Crippen molar-refractivity contribution in [3.63, 3.8) is 0 Å². The SMILES string of the molecule is COCCOc1ccc(CCS(N)(=O)=O)c(Oc2ncc(C(F)(F)F)cc2Cl)c1. The van der Waals surface area contributed by atoms with Crippen LogP contribution in [0.1, 0.15) is 11.1 Å². The molecule has 0 atom stereocenters. The van der Waals surface area contributed by atoms with Crippen molar-refractivity contribution < 1.29 is 35.8 Å². The molecule has 1 aromatic heterocycles. The van der Waals surface area contributed by atoms with Gasteiger partial charge < -0.3 is 14.2 Å². The van der Waals surface area contributed by atoms with Crippen molar-refractivity contribution in [2.24, 2.45) is 5.14 Å². The third-order valence-corrected chi connectivity index (χ3v) is 4.64. The van der Waals surface area contributed by atoms with E-state index in [1.54, 1.807) is 12.1 Å². The number of aromatic nitrogens is 1. The first-order chi connectivity index (χ1) is 13.5. The number of halogens is 4. The van der Waals surface area contributed by atoms with Crippen LogP contribution >= 0.6 is 11.6 Å². The molecule has 0 aliphatic carbocycles. The second-order valence-electron chi connectivity index (χ2n) is 5.84. The largest absolute Gasteiger partial charge is 0.491 e. The lowest BCUT2D eigenvalue weighted by Crippen LogP contribution is -2.18.